The van der Waals surface area contributed by atoms with Gasteiger partial charge in [0.25, 0.3) is 0 Å². The van der Waals surface area contributed by atoms with E-state index in [-0.39, 0.29) is 31.1 Å². The number of hydrogen-bond donors (Lipinski definition) is 4. The fraction of sp³-hybridized carbons (Fsp3) is 0.319. The first-order valence-corrected chi connectivity index (χ1v) is 20.1. The van der Waals surface area contributed by atoms with Gasteiger partial charge in [0.2, 0.25) is 5.91 Å². The summed E-state index contributed by atoms with van der Waals surface area (Å²) >= 11 is 6.78. The Labute approximate surface area is 349 Å². The average Bonchev–Trinajstić information content (AvgIpc) is 3.25. The number of amides is 1. The molecule has 3 heterocycles. The van der Waals surface area contributed by atoms with Gasteiger partial charge < -0.3 is 25.0 Å². The maximum Gasteiger partial charge on any atom is 0.326 e. The largest absolute Gasteiger partial charge is 0.488 e. The Morgan fingerprint density at radius 3 is 2.29 bits per heavy atom. The van der Waals surface area contributed by atoms with Crippen molar-refractivity contribution < 1.29 is 29.3 Å². The third-order valence-corrected chi connectivity index (χ3v) is 12.2. The summed E-state index contributed by atoms with van der Waals surface area (Å²) in [5, 5.41) is 34.9. The third kappa shape index (κ3) is 8.97. The van der Waals surface area contributed by atoms with Crippen molar-refractivity contribution in [2.45, 2.75) is 65.5 Å². The molecule has 0 radical (unpaired) electrons. The highest BCUT2D eigenvalue weighted by Gasteiger charge is 2.47. The number of carbonyl (C=O) groups is 2. The van der Waals surface area contributed by atoms with Crippen LogP contribution in [-0.4, -0.2) is 63.8 Å². The Kier molecular flexibility index (Phi) is 12.4. The van der Waals surface area contributed by atoms with Crippen molar-refractivity contribution in [3.63, 3.8) is 0 Å². The zero-order valence-corrected chi connectivity index (χ0v) is 34.2. The summed E-state index contributed by atoms with van der Waals surface area (Å²) < 4.78 is 12.5. The number of benzene rings is 4. The molecule has 12 heteroatoms. The lowest BCUT2D eigenvalue weighted by Crippen LogP contribution is -2.62. The smallest absolute Gasteiger partial charge is 0.326 e. The van der Waals surface area contributed by atoms with Crippen LogP contribution in [0.2, 0.25) is 5.02 Å². The van der Waals surface area contributed by atoms with Gasteiger partial charge in [-0.2, -0.15) is 5.26 Å². The number of aliphatic carboxylic acids is 1. The van der Waals surface area contributed by atoms with E-state index in [0.717, 1.165) is 72.4 Å². The van der Waals surface area contributed by atoms with Gasteiger partial charge in [-0.1, -0.05) is 72.3 Å². The normalized spacial score (nSPS) is 15.8. The minimum Gasteiger partial charge on any atom is -0.488 e. The number of piperidine rings is 1. The topological polar surface area (TPSA) is 157 Å². The molecule has 4 aromatic carbocycles. The molecule has 2 saturated heterocycles. The molecule has 1 unspecified atom stereocenters. The quantitative estimate of drug-likeness (QED) is 0.0789. The molecule has 4 N–H and O–H groups in total. The van der Waals surface area contributed by atoms with Crippen LogP contribution in [0.3, 0.4) is 0 Å². The van der Waals surface area contributed by atoms with Gasteiger partial charge in [0, 0.05) is 49.2 Å². The maximum absolute atomic E-state index is 12.1. The summed E-state index contributed by atoms with van der Waals surface area (Å²) in [6, 6.07) is 28.5. The van der Waals surface area contributed by atoms with Crippen molar-refractivity contribution >= 4 is 23.5 Å². The number of carboxylic acid groups (broad SMARTS) is 1. The van der Waals surface area contributed by atoms with Gasteiger partial charge in [-0.15, -0.1) is 0 Å². The summed E-state index contributed by atoms with van der Waals surface area (Å²) in [6.07, 6.45) is 4.92. The SMILES string of the molecule is Cc1c(COc2cc(OCc3cncc(C#N)c3)c(CNC(C)(CO)C(=O)O)cc2Cl)cccc1-c1cccc(-c2ccc(CN3CCC4(CC3)CNC4=O)cc2)c1C. The number of carboxylic acids is 1. The molecule has 2 aliphatic rings. The molecule has 1 aromatic heterocycles. The fourth-order valence-corrected chi connectivity index (χ4v) is 8.01. The number of nitrogens with one attached hydrogen (secondary N) is 2. The number of β-lactam (4-membered cyclic amide) rings is 1. The van der Waals surface area contributed by atoms with Gasteiger partial charge in [0.05, 0.1) is 22.6 Å². The predicted octanol–water partition coefficient (Wildman–Crippen LogP) is 7.35. The first kappa shape index (κ1) is 41.4. The second kappa shape index (κ2) is 17.6. The number of ether oxygens (including phenoxy) is 2. The van der Waals surface area contributed by atoms with E-state index in [2.05, 4.69) is 89.0 Å². The van der Waals surface area contributed by atoms with Crippen molar-refractivity contribution in [2.75, 3.05) is 26.2 Å². The number of hydrogen-bond acceptors (Lipinski definition) is 9. The molecule has 0 saturated carbocycles. The fourth-order valence-electron chi connectivity index (χ4n) is 7.77. The first-order chi connectivity index (χ1) is 28.4. The van der Waals surface area contributed by atoms with Gasteiger partial charge >= 0.3 is 5.97 Å². The number of rotatable bonds is 15. The van der Waals surface area contributed by atoms with Crippen LogP contribution in [0.15, 0.2) is 91.3 Å². The number of aliphatic hydroxyl groups excluding tert-OH is 1. The summed E-state index contributed by atoms with van der Waals surface area (Å²) in [6.45, 7) is 8.91. The third-order valence-electron chi connectivity index (χ3n) is 11.9. The Morgan fingerprint density at radius 1 is 0.932 bits per heavy atom. The van der Waals surface area contributed by atoms with E-state index < -0.39 is 18.1 Å². The lowest BCUT2D eigenvalue weighted by atomic mass is 9.72. The van der Waals surface area contributed by atoms with Gasteiger partial charge in [0.1, 0.15) is 36.3 Å². The standard InChI is InChI=1S/C47H48ClN5O6/c1-30-36(27-59-43-20-42(58-26-34-18-33(21-49)22-50-23-34)37(19-41(43)48)24-52-46(3,29-54)45(56)57)6-4-8-39(30)40-9-5-7-38(31(40)2)35-12-10-32(11-13-35)25-53-16-14-47(15-17-53)28-51-44(47)55/h4-13,18-20,22-23,52,54H,14-17,24-29H2,1-3H3,(H,51,55)(H,56,57). The van der Waals surface area contributed by atoms with Gasteiger partial charge in [-0.05, 0) is 103 Å². The van der Waals surface area contributed by atoms with Crippen LogP contribution in [-0.2, 0) is 35.9 Å². The molecule has 2 aliphatic heterocycles. The molecule has 0 bridgehead atoms. The van der Waals surface area contributed by atoms with Crippen LogP contribution >= 0.6 is 11.6 Å². The highest BCUT2D eigenvalue weighted by Crippen LogP contribution is 2.39. The van der Waals surface area contributed by atoms with Gasteiger partial charge in [-0.25, -0.2) is 0 Å². The molecule has 5 aromatic rings. The molecule has 59 heavy (non-hydrogen) atoms. The number of aliphatic hydroxyl groups is 1. The molecule has 7 rings (SSSR count). The van der Waals surface area contributed by atoms with Crippen molar-refractivity contribution in [1.29, 1.82) is 5.26 Å². The molecule has 1 atom stereocenters. The van der Waals surface area contributed by atoms with Crippen LogP contribution in [0, 0.1) is 30.6 Å². The lowest BCUT2D eigenvalue weighted by Gasteiger charge is -2.46. The van der Waals surface area contributed by atoms with Crippen LogP contribution in [0.5, 0.6) is 11.5 Å². The van der Waals surface area contributed by atoms with E-state index in [9.17, 15) is 25.1 Å². The molecule has 11 nitrogen and oxygen atoms in total. The first-order valence-electron chi connectivity index (χ1n) is 19.7. The molecular formula is C47H48ClN5O6. The number of carbonyl (C=O) groups excluding carboxylic acids is 1. The zero-order valence-electron chi connectivity index (χ0n) is 33.5. The van der Waals surface area contributed by atoms with E-state index in [1.54, 1.807) is 24.4 Å². The van der Waals surface area contributed by atoms with Crippen molar-refractivity contribution in [2.24, 2.45) is 5.41 Å². The van der Waals surface area contributed by atoms with E-state index in [4.69, 9.17) is 21.1 Å². The second-order valence-corrected chi connectivity index (χ2v) is 16.2. The Balaban J connectivity index is 1.07. The minimum absolute atomic E-state index is 0.0281. The van der Waals surface area contributed by atoms with Crippen LogP contribution in [0.4, 0.5) is 0 Å². The van der Waals surface area contributed by atoms with E-state index >= 15 is 0 Å². The number of aromatic nitrogens is 1. The average molecular weight is 814 g/mol. The zero-order chi connectivity index (χ0) is 41.7. The van der Waals surface area contributed by atoms with E-state index in [1.807, 2.05) is 12.1 Å². The maximum atomic E-state index is 12.1. The molecule has 1 spiro atoms. The second-order valence-electron chi connectivity index (χ2n) is 15.8. The van der Waals surface area contributed by atoms with Crippen molar-refractivity contribution in [1.82, 2.24) is 20.5 Å². The van der Waals surface area contributed by atoms with Crippen LogP contribution in [0.1, 0.15) is 58.7 Å². The van der Waals surface area contributed by atoms with Crippen LogP contribution in [0.25, 0.3) is 22.3 Å². The monoisotopic (exact) mass is 813 g/mol. The molecule has 0 aliphatic carbocycles. The highest BCUT2D eigenvalue weighted by atomic mass is 35.5. The summed E-state index contributed by atoms with van der Waals surface area (Å²) in [4.78, 5) is 30.5. The Hall–Kier alpha value is -5.77. The van der Waals surface area contributed by atoms with E-state index in [0.29, 0.717) is 33.2 Å². The van der Waals surface area contributed by atoms with Crippen molar-refractivity contribution in [3.8, 4) is 39.8 Å². The summed E-state index contributed by atoms with van der Waals surface area (Å²) in [5.74, 6) is -0.221. The van der Waals surface area contributed by atoms with Crippen LogP contribution < -0.4 is 20.1 Å². The van der Waals surface area contributed by atoms with Crippen molar-refractivity contribution in [3.05, 3.63) is 135 Å². The number of likely N-dealkylation sites (tertiary alicyclic amines) is 1. The molecule has 1 amide bonds. The van der Waals surface area contributed by atoms with Gasteiger partial charge in [0.15, 0.2) is 0 Å². The Bertz CT molecular complexity index is 2410. The molecule has 2 fully saturated rings. The number of halogens is 1. The number of nitrogens with zero attached hydrogens (tertiary/aromatic N) is 3. The predicted molar refractivity (Wildman–Crippen MR) is 226 cm³/mol. The lowest BCUT2D eigenvalue weighted by molar-refractivity contribution is -0.146. The molecule has 304 valence electrons. The minimum atomic E-state index is -1.59. The van der Waals surface area contributed by atoms with Gasteiger partial charge in [-0.3, -0.25) is 24.8 Å². The summed E-state index contributed by atoms with van der Waals surface area (Å²) in [7, 11) is 0. The Morgan fingerprint density at radius 2 is 1.63 bits per heavy atom. The highest BCUT2D eigenvalue weighted by molar-refractivity contribution is 6.32. The molecular weight excluding hydrogens is 766 g/mol. The number of nitriles is 1. The number of pyridine rings is 1. The summed E-state index contributed by atoms with van der Waals surface area (Å²) in [5.41, 5.74) is 8.92. The van der Waals surface area contributed by atoms with E-state index in [1.165, 1.54) is 24.2 Å².